The number of pyridine rings is 1. The Kier molecular flexibility index (Phi) is 3.98. The monoisotopic (exact) mass is 424 g/mol. The third-order valence-corrected chi connectivity index (χ3v) is 3.11. The first-order chi connectivity index (χ1) is 6.43. The topological polar surface area (TPSA) is 56.0 Å². The lowest BCUT2D eigenvalue weighted by Gasteiger charge is -2.06. The maximum absolute atomic E-state index is 12.4. The Bertz CT molecular complexity index is 384. The summed E-state index contributed by atoms with van der Waals surface area (Å²) in [4.78, 5) is 14.5. The van der Waals surface area contributed by atoms with Crippen molar-refractivity contribution in [3.05, 3.63) is 24.6 Å². The molecule has 1 amide bonds. The van der Waals surface area contributed by atoms with E-state index in [-0.39, 0.29) is 9.13 Å². The highest BCUT2D eigenvalue weighted by molar-refractivity contribution is 14.1. The van der Waals surface area contributed by atoms with Gasteiger partial charge in [-0.15, -0.1) is 0 Å². The van der Waals surface area contributed by atoms with Gasteiger partial charge in [-0.25, -0.2) is 13.8 Å². The number of amides is 1. The fraction of sp³-hybridized carbons (Fsp3) is 0.143. The summed E-state index contributed by atoms with van der Waals surface area (Å²) in [5.41, 5.74) is 4.72. The van der Waals surface area contributed by atoms with Gasteiger partial charge in [-0.05, 0) is 51.2 Å². The van der Waals surface area contributed by atoms with E-state index >= 15 is 0 Å². The average Bonchev–Trinajstić information content (AvgIpc) is 2.07. The number of aromatic nitrogens is 1. The van der Waals surface area contributed by atoms with E-state index in [0.29, 0.717) is 3.70 Å². The molecular weight excluding hydrogens is 420 g/mol. The second kappa shape index (κ2) is 4.64. The highest BCUT2D eigenvalue weighted by Crippen LogP contribution is 2.26. The van der Waals surface area contributed by atoms with Gasteiger partial charge in [0.05, 0.1) is 9.13 Å². The maximum atomic E-state index is 12.4. The normalized spacial score (nSPS) is 10.6. The summed E-state index contributed by atoms with van der Waals surface area (Å²) >= 11 is 3.40. The first kappa shape index (κ1) is 12.0. The smallest absolute Gasteiger partial charge is 0.281 e. The Morgan fingerprint density at radius 1 is 1.50 bits per heavy atom. The molecule has 0 atom stereocenters. The molecule has 0 aliphatic carbocycles. The minimum atomic E-state index is -2.70. The van der Waals surface area contributed by atoms with Crippen LogP contribution in [0.4, 0.5) is 8.78 Å². The quantitative estimate of drug-likeness (QED) is 0.586. The van der Waals surface area contributed by atoms with Gasteiger partial charge in [0, 0.05) is 0 Å². The molecule has 0 aromatic carbocycles. The molecule has 2 N–H and O–H groups in total. The SMILES string of the molecule is NC(=O)c1cc(I)nc(C(F)F)c1I. The summed E-state index contributed by atoms with van der Waals surface area (Å²) < 4.78 is 25.3. The first-order valence-electron chi connectivity index (χ1n) is 3.37. The van der Waals surface area contributed by atoms with Crippen LogP contribution in [0.3, 0.4) is 0 Å². The summed E-state index contributed by atoms with van der Waals surface area (Å²) in [6.45, 7) is 0. The van der Waals surface area contributed by atoms with Gasteiger partial charge >= 0.3 is 0 Å². The van der Waals surface area contributed by atoms with Crippen molar-refractivity contribution >= 4 is 51.1 Å². The number of nitrogens with two attached hydrogens (primary N) is 1. The molecule has 1 aromatic heterocycles. The zero-order valence-electron chi connectivity index (χ0n) is 6.60. The van der Waals surface area contributed by atoms with Crippen molar-refractivity contribution in [1.29, 1.82) is 0 Å². The standard InChI is InChI=1S/C7H4F2I2N2O/c8-6(9)5-4(11)2(7(12)14)1-3(10)13-5/h1,6H,(H2,12,14). The van der Waals surface area contributed by atoms with E-state index in [1.807, 2.05) is 0 Å². The van der Waals surface area contributed by atoms with E-state index in [1.165, 1.54) is 6.07 Å². The van der Waals surface area contributed by atoms with Gasteiger partial charge in [-0.3, -0.25) is 4.79 Å². The molecule has 0 bridgehead atoms. The molecule has 0 unspecified atom stereocenters. The number of nitrogens with zero attached hydrogens (tertiary/aromatic N) is 1. The van der Waals surface area contributed by atoms with Gasteiger partial charge in [-0.2, -0.15) is 0 Å². The van der Waals surface area contributed by atoms with Crippen molar-refractivity contribution < 1.29 is 13.6 Å². The molecule has 0 aliphatic heterocycles. The molecule has 1 rings (SSSR count). The van der Waals surface area contributed by atoms with Crippen LogP contribution in [0.2, 0.25) is 0 Å². The summed E-state index contributed by atoms with van der Waals surface area (Å²) in [7, 11) is 0. The summed E-state index contributed by atoms with van der Waals surface area (Å²) in [5.74, 6) is -0.725. The van der Waals surface area contributed by atoms with Gasteiger partial charge in [0.25, 0.3) is 6.43 Å². The van der Waals surface area contributed by atoms with Crippen molar-refractivity contribution in [1.82, 2.24) is 4.98 Å². The molecular formula is C7H4F2I2N2O. The molecule has 3 nitrogen and oxygen atoms in total. The lowest BCUT2D eigenvalue weighted by Crippen LogP contribution is -2.15. The number of halogens is 4. The summed E-state index contributed by atoms with van der Waals surface area (Å²) in [6, 6.07) is 1.39. The number of carbonyl (C=O) groups excluding carboxylic acids is 1. The lowest BCUT2D eigenvalue weighted by molar-refractivity contribution is 0.0998. The fourth-order valence-electron chi connectivity index (χ4n) is 0.841. The summed E-state index contributed by atoms with van der Waals surface area (Å²) in [5, 5.41) is 0. The van der Waals surface area contributed by atoms with E-state index in [0.717, 1.165) is 0 Å². The third-order valence-electron chi connectivity index (χ3n) is 1.42. The van der Waals surface area contributed by atoms with Crippen LogP contribution in [-0.4, -0.2) is 10.9 Å². The number of rotatable bonds is 2. The van der Waals surface area contributed by atoms with E-state index in [1.54, 1.807) is 45.2 Å². The first-order valence-corrected chi connectivity index (χ1v) is 5.53. The Hall–Kier alpha value is -0.0600. The third kappa shape index (κ3) is 2.49. The van der Waals surface area contributed by atoms with Gasteiger partial charge < -0.3 is 5.73 Å². The highest BCUT2D eigenvalue weighted by atomic mass is 127. The molecule has 0 spiro atoms. The van der Waals surface area contributed by atoms with Crippen LogP contribution in [0.25, 0.3) is 0 Å². The number of hydrogen-bond acceptors (Lipinski definition) is 2. The van der Waals surface area contributed by atoms with Crippen LogP contribution in [-0.2, 0) is 0 Å². The van der Waals surface area contributed by atoms with Crippen molar-refractivity contribution in [3.63, 3.8) is 0 Å². The van der Waals surface area contributed by atoms with Crippen LogP contribution in [0.5, 0.6) is 0 Å². The Morgan fingerprint density at radius 2 is 2.07 bits per heavy atom. The van der Waals surface area contributed by atoms with Crippen molar-refractivity contribution in [3.8, 4) is 0 Å². The minimum Gasteiger partial charge on any atom is -0.366 e. The van der Waals surface area contributed by atoms with Crippen LogP contribution >= 0.6 is 45.2 Å². The zero-order valence-corrected chi connectivity index (χ0v) is 10.9. The highest BCUT2D eigenvalue weighted by Gasteiger charge is 2.19. The maximum Gasteiger partial charge on any atom is 0.281 e. The predicted octanol–water partition coefficient (Wildman–Crippen LogP) is 2.33. The van der Waals surface area contributed by atoms with Crippen LogP contribution in [0.1, 0.15) is 22.5 Å². The molecule has 7 heteroatoms. The average molecular weight is 424 g/mol. The van der Waals surface area contributed by atoms with E-state index in [2.05, 4.69) is 4.98 Å². The molecule has 0 fully saturated rings. The van der Waals surface area contributed by atoms with Crippen LogP contribution < -0.4 is 5.73 Å². The Labute approximate surface area is 106 Å². The molecule has 14 heavy (non-hydrogen) atoms. The van der Waals surface area contributed by atoms with Gasteiger partial charge in [0.1, 0.15) is 9.39 Å². The molecule has 1 heterocycles. The van der Waals surface area contributed by atoms with E-state index < -0.39 is 18.0 Å². The number of carbonyl (C=O) groups is 1. The molecule has 0 aliphatic rings. The number of hydrogen-bond donors (Lipinski definition) is 1. The largest absolute Gasteiger partial charge is 0.366 e. The van der Waals surface area contributed by atoms with E-state index in [9.17, 15) is 13.6 Å². The van der Waals surface area contributed by atoms with Gasteiger partial charge in [-0.1, -0.05) is 0 Å². The molecule has 0 saturated carbocycles. The van der Waals surface area contributed by atoms with E-state index in [4.69, 9.17) is 5.73 Å². The van der Waals surface area contributed by atoms with Gasteiger partial charge in [0.2, 0.25) is 5.91 Å². The van der Waals surface area contributed by atoms with Gasteiger partial charge in [0.15, 0.2) is 0 Å². The molecule has 0 radical (unpaired) electrons. The lowest BCUT2D eigenvalue weighted by atomic mass is 10.2. The number of alkyl halides is 2. The molecule has 0 saturated heterocycles. The second-order valence-corrected chi connectivity index (χ2v) is 4.54. The Balaban J connectivity index is 3.40. The van der Waals surface area contributed by atoms with Crippen molar-refractivity contribution in [2.75, 3.05) is 0 Å². The van der Waals surface area contributed by atoms with Crippen molar-refractivity contribution in [2.24, 2.45) is 5.73 Å². The molecule has 76 valence electrons. The van der Waals surface area contributed by atoms with Crippen LogP contribution in [0.15, 0.2) is 6.07 Å². The molecule has 1 aromatic rings. The fourth-order valence-corrected chi connectivity index (χ4v) is 2.19. The van der Waals surface area contributed by atoms with Crippen LogP contribution in [0, 0.1) is 7.27 Å². The van der Waals surface area contributed by atoms with Crippen molar-refractivity contribution in [2.45, 2.75) is 6.43 Å². The zero-order chi connectivity index (χ0) is 10.9. The second-order valence-electron chi connectivity index (χ2n) is 2.36. The predicted molar refractivity (Wildman–Crippen MR) is 63.1 cm³/mol. The minimum absolute atomic E-state index is 0.0836. The number of primary amides is 1. The Morgan fingerprint density at radius 3 is 2.50 bits per heavy atom. The summed E-state index contributed by atoms with van der Waals surface area (Å²) in [6.07, 6.45) is -2.70.